The zero-order valence-electron chi connectivity index (χ0n) is 10.5. The van der Waals surface area contributed by atoms with Gasteiger partial charge in [-0.05, 0) is 60.5 Å². The van der Waals surface area contributed by atoms with E-state index < -0.39 is 0 Å². The van der Waals surface area contributed by atoms with Crippen molar-refractivity contribution in [1.82, 2.24) is 9.97 Å². The molecule has 0 saturated carbocycles. The molecule has 0 spiro atoms. The number of rotatable bonds is 1. The van der Waals surface area contributed by atoms with Crippen LogP contribution in [-0.2, 0) is 5.41 Å². The van der Waals surface area contributed by atoms with Crippen molar-refractivity contribution >= 4 is 65.8 Å². The lowest BCUT2D eigenvalue weighted by Gasteiger charge is -2.19. The quantitative estimate of drug-likeness (QED) is 0.545. The molecular weight excluding hydrogens is 507 g/mol. The summed E-state index contributed by atoms with van der Waals surface area (Å²) in [6, 6.07) is 1.95. The van der Waals surface area contributed by atoms with Gasteiger partial charge in [-0.1, -0.05) is 20.8 Å². The number of hydrogen-bond donors (Lipinski definition) is 1. The lowest BCUT2D eigenvalue weighted by atomic mass is 9.92. The molecule has 0 aromatic carbocycles. The molecule has 7 heteroatoms. The molecule has 0 radical (unpaired) electrons. The zero-order chi connectivity index (χ0) is 14.4. The fourth-order valence-electron chi connectivity index (χ4n) is 1.54. The number of nitrogens with zero attached hydrogens (tertiary/aromatic N) is 1. The summed E-state index contributed by atoms with van der Waals surface area (Å²) >= 11 is 10.5. The summed E-state index contributed by atoms with van der Waals surface area (Å²) in [6.07, 6.45) is 0. The Morgan fingerprint density at radius 2 is 2.00 bits per heavy atom. The van der Waals surface area contributed by atoms with Crippen molar-refractivity contribution in [1.29, 1.82) is 0 Å². The molecule has 0 bridgehead atoms. The van der Waals surface area contributed by atoms with Gasteiger partial charge in [0, 0.05) is 9.89 Å². The first-order chi connectivity index (χ1) is 8.70. The fourth-order valence-corrected chi connectivity index (χ4v) is 4.58. The molecule has 0 aliphatic rings. The summed E-state index contributed by atoms with van der Waals surface area (Å²) < 4.78 is 2.61. The van der Waals surface area contributed by atoms with Crippen LogP contribution < -0.4 is 5.56 Å². The number of halogens is 3. The van der Waals surface area contributed by atoms with Crippen LogP contribution >= 0.6 is 65.8 Å². The highest BCUT2D eigenvalue weighted by Crippen LogP contribution is 2.37. The second-order valence-electron chi connectivity index (χ2n) is 5.06. The molecule has 0 amide bonds. The summed E-state index contributed by atoms with van der Waals surface area (Å²) in [7, 11) is 0. The molecular formula is C12H11Br2IN2OS. The summed E-state index contributed by atoms with van der Waals surface area (Å²) in [5, 5.41) is 0. The van der Waals surface area contributed by atoms with Gasteiger partial charge in [-0.2, -0.15) is 0 Å². The van der Waals surface area contributed by atoms with Crippen LogP contribution in [0.25, 0.3) is 10.7 Å². The highest BCUT2D eigenvalue weighted by Gasteiger charge is 2.22. The monoisotopic (exact) mass is 516 g/mol. The minimum atomic E-state index is -0.161. The molecule has 19 heavy (non-hydrogen) atoms. The summed E-state index contributed by atoms with van der Waals surface area (Å²) in [5.41, 5.74) is 0.578. The van der Waals surface area contributed by atoms with E-state index in [1.54, 1.807) is 0 Å². The van der Waals surface area contributed by atoms with Gasteiger partial charge in [0.2, 0.25) is 0 Å². The average molecular weight is 518 g/mol. The van der Waals surface area contributed by atoms with Crippen molar-refractivity contribution in [3.8, 4) is 10.7 Å². The lowest BCUT2D eigenvalue weighted by Crippen LogP contribution is -2.24. The van der Waals surface area contributed by atoms with Gasteiger partial charge in [0.1, 0.15) is 3.57 Å². The predicted octanol–water partition coefficient (Wildman–Crippen LogP) is 4.93. The van der Waals surface area contributed by atoms with Gasteiger partial charge in [0.05, 0.1) is 14.4 Å². The normalized spacial score (nSPS) is 11.9. The molecule has 1 N–H and O–H groups in total. The molecule has 0 fully saturated rings. The maximum absolute atomic E-state index is 12.1. The summed E-state index contributed by atoms with van der Waals surface area (Å²) in [5.74, 6) is 0.617. The first kappa shape index (κ1) is 15.7. The van der Waals surface area contributed by atoms with Gasteiger partial charge in [0.25, 0.3) is 5.56 Å². The van der Waals surface area contributed by atoms with Crippen molar-refractivity contribution in [2.24, 2.45) is 0 Å². The number of aromatic nitrogens is 2. The van der Waals surface area contributed by atoms with Crippen molar-refractivity contribution < 1.29 is 0 Å². The van der Waals surface area contributed by atoms with E-state index in [9.17, 15) is 4.79 Å². The van der Waals surface area contributed by atoms with Crippen molar-refractivity contribution in [2.75, 3.05) is 0 Å². The van der Waals surface area contributed by atoms with Gasteiger partial charge in [-0.15, -0.1) is 11.3 Å². The fraction of sp³-hybridized carbons (Fsp3) is 0.333. The van der Waals surface area contributed by atoms with E-state index in [1.165, 1.54) is 11.3 Å². The summed E-state index contributed by atoms with van der Waals surface area (Å²) in [4.78, 5) is 20.5. The van der Waals surface area contributed by atoms with E-state index in [-0.39, 0.29) is 11.0 Å². The van der Waals surface area contributed by atoms with Gasteiger partial charge < -0.3 is 4.98 Å². The Morgan fingerprint density at radius 1 is 1.37 bits per heavy atom. The second-order valence-corrected chi connectivity index (χ2v) is 9.36. The third-order valence-electron chi connectivity index (χ3n) is 2.45. The molecule has 0 aliphatic heterocycles. The zero-order valence-corrected chi connectivity index (χ0v) is 16.6. The maximum atomic E-state index is 12.1. The van der Waals surface area contributed by atoms with E-state index in [2.05, 4.69) is 85.2 Å². The highest BCUT2D eigenvalue weighted by molar-refractivity contribution is 14.1. The minimum Gasteiger partial charge on any atom is -0.305 e. The maximum Gasteiger partial charge on any atom is 0.264 e. The lowest BCUT2D eigenvalue weighted by molar-refractivity contribution is 0.562. The second kappa shape index (κ2) is 5.57. The van der Waals surface area contributed by atoms with Gasteiger partial charge in [0.15, 0.2) is 5.82 Å². The standard InChI is InChI=1S/C12H11Br2IN2OS/c1-12(2,3)8-7(15)11(18)17-10(16-8)6-4-5(13)9(14)19-6/h4H,1-3H3,(H,16,17,18). The number of H-pyrrole nitrogens is 1. The van der Waals surface area contributed by atoms with Crippen LogP contribution in [-0.4, -0.2) is 9.97 Å². The Kier molecular flexibility index (Phi) is 4.59. The Hall–Kier alpha value is 0.270. The molecule has 3 nitrogen and oxygen atoms in total. The van der Waals surface area contributed by atoms with E-state index in [4.69, 9.17) is 0 Å². The molecule has 0 saturated heterocycles. The molecule has 2 aromatic heterocycles. The van der Waals surface area contributed by atoms with Gasteiger partial charge in [-0.25, -0.2) is 4.98 Å². The summed E-state index contributed by atoms with van der Waals surface area (Å²) in [6.45, 7) is 6.17. The molecule has 0 aliphatic carbocycles. The number of aromatic amines is 1. The van der Waals surface area contributed by atoms with Crippen LogP contribution in [0.2, 0.25) is 0 Å². The van der Waals surface area contributed by atoms with Gasteiger partial charge >= 0.3 is 0 Å². The largest absolute Gasteiger partial charge is 0.305 e. The van der Waals surface area contributed by atoms with Crippen molar-refractivity contribution in [2.45, 2.75) is 26.2 Å². The number of thiophene rings is 1. The third kappa shape index (κ3) is 3.30. The van der Waals surface area contributed by atoms with E-state index in [1.807, 2.05) is 6.07 Å². The smallest absolute Gasteiger partial charge is 0.264 e. The Morgan fingerprint density at radius 3 is 2.47 bits per heavy atom. The van der Waals surface area contributed by atoms with Crippen LogP contribution in [0.15, 0.2) is 19.1 Å². The first-order valence-electron chi connectivity index (χ1n) is 5.45. The molecule has 0 unspecified atom stereocenters. The first-order valence-corrected chi connectivity index (χ1v) is 8.94. The molecule has 102 valence electrons. The Bertz CT molecular complexity index is 669. The van der Waals surface area contributed by atoms with Crippen LogP contribution in [0.5, 0.6) is 0 Å². The van der Waals surface area contributed by atoms with E-state index in [0.29, 0.717) is 9.39 Å². The van der Waals surface area contributed by atoms with Crippen LogP contribution in [0, 0.1) is 3.57 Å². The topological polar surface area (TPSA) is 45.8 Å². The Balaban J connectivity index is 2.67. The van der Waals surface area contributed by atoms with Crippen molar-refractivity contribution in [3.63, 3.8) is 0 Å². The SMILES string of the molecule is CC(C)(C)c1nc(-c2cc(Br)c(Br)s2)[nH]c(=O)c1I. The van der Waals surface area contributed by atoms with Crippen LogP contribution in [0.3, 0.4) is 0 Å². The van der Waals surface area contributed by atoms with E-state index in [0.717, 1.165) is 18.8 Å². The van der Waals surface area contributed by atoms with E-state index >= 15 is 0 Å². The minimum absolute atomic E-state index is 0.0869. The highest BCUT2D eigenvalue weighted by atomic mass is 127. The predicted molar refractivity (Wildman–Crippen MR) is 95.0 cm³/mol. The molecule has 2 aromatic rings. The number of hydrogen-bond acceptors (Lipinski definition) is 3. The van der Waals surface area contributed by atoms with Crippen molar-refractivity contribution in [3.05, 3.63) is 33.9 Å². The molecule has 2 heterocycles. The van der Waals surface area contributed by atoms with Crippen LogP contribution in [0.4, 0.5) is 0 Å². The number of nitrogens with one attached hydrogen (secondary N) is 1. The Labute approximate surface area is 145 Å². The molecule has 2 rings (SSSR count). The van der Waals surface area contributed by atoms with Gasteiger partial charge in [-0.3, -0.25) is 4.79 Å². The third-order valence-corrected chi connectivity index (χ3v) is 6.72. The molecule has 0 atom stereocenters. The average Bonchev–Trinajstić information content (AvgIpc) is 2.61. The van der Waals surface area contributed by atoms with Crippen LogP contribution in [0.1, 0.15) is 26.5 Å².